The molecule has 2 aromatic rings. The van der Waals surface area contributed by atoms with E-state index in [4.69, 9.17) is 4.74 Å². The van der Waals surface area contributed by atoms with E-state index in [2.05, 4.69) is 10.3 Å². The molecule has 1 aromatic heterocycles. The number of carbonyl (C=O) groups is 2. The fraction of sp³-hybridized carbons (Fsp3) is 0.565. The van der Waals surface area contributed by atoms with Gasteiger partial charge in [0.1, 0.15) is 6.54 Å². The smallest absolute Gasteiger partial charge is 0.326 e. The molecule has 1 amide bonds. The third kappa shape index (κ3) is 3.50. The molecule has 1 N–H and O–H groups in total. The van der Waals surface area contributed by atoms with Crippen LogP contribution in [0.1, 0.15) is 45.4 Å². The Morgan fingerprint density at radius 1 is 1.17 bits per heavy atom. The van der Waals surface area contributed by atoms with E-state index >= 15 is 0 Å². The Balaban J connectivity index is 1.22. The highest BCUT2D eigenvalue weighted by molar-refractivity contribution is 5.84. The first-order valence-electron chi connectivity index (χ1n) is 10.9. The number of nitrogens with zero attached hydrogens (tertiary/aromatic N) is 2. The molecule has 6 rings (SSSR count). The molecule has 4 aliphatic rings. The quantitative estimate of drug-likeness (QED) is 0.766. The predicted molar refractivity (Wildman–Crippen MR) is 111 cm³/mol. The van der Waals surface area contributed by atoms with Crippen LogP contribution in [-0.4, -0.2) is 33.1 Å². The Morgan fingerprint density at radius 3 is 2.47 bits per heavy atom. The van der Waals surface area contributed by atoms with E-state index < -0.39 is 12.1 Å². The minimum Gasteiger partial charge on any atom is -0.451 e. The molecule has 4 saturated carbocycles. The topological polar surface area (TPSA) is 90.3 Å². The molecule has 4 fully saturated rings. The van der Waals surface area contributed by atoms with Crippen LogP contribution in [0.3, 0.4) is 0 Å². The van der Waals surface area contributed by atoms with Crippen molar-refractivity contribution in [3.8, 4) is 0 Å². The van der Waals surface area contributed by atoms with Gasteiger partial charge in [-0.2, -0.15) is 0 Å². The number of benzene rings is 1. The highest BCUT2D eigenvalue weighted by atomic mass is 16.5. The zero-order chi connectivity index (χ0) is 20.9. The summed E-state index contributed by atoms with van der Waals surface area (Å²) in [6, 6.07) is 6.98. The van der Waals surface area contributed by atoms with Crippen LogP contribution in [0.5, 0.6) is 0 Å². The van der Waals surface area contributed by atoms with Crippen molar-refractivity contribution >= 4 is 22.8 Å². The number of nitrogens with one attached hydrogen (secondary N) is 1. The minimum atomic E-state index is -0.894. The Bertz CT molecular complexity index is 1020. The van der Waals surface area contributed by atoms with Gasteiger partial charge in [-0.15, -0.1) is 0 Å². The standard InChI is InChI=1S/C23H27N3O4/c1-14(21(28)25-23-9-15-6-16(10-23)8-17(7-15)11-23)30-20(27)12-26-13-24-19-5-3-2-4-18(19)22(26)29/h2-5,13-17H,6-12H2,1H3,(H,25,28)/t14-,15?,16?,17?,23?/m1/s1. The van der Waals surface area contributed by atoms with Crippen molar-refractivity contribution in [3.05, 3.63) is 40.9 Å². The summed E-state index contributed by atoms with van der Waals surface area (Å²) in [6.07, 6.45) is 7.48. The zero-order valence-corrected chi connectivity index (χ0v) is 17.2. The first-order chi connectivity index (χ1) is 14.4. The van der Waals surface area contributed by atoms with Gasteiger partial charge in [0, 0.05) is 5.54 Å². The van der Waals surface area contributed by atoms with Crippen molar-refractivity contribution in [3.63, 3.8) is 0 Å². The molecule has 0 spiro atoms. The summed E-state index contributed by atoms with van der Waals surface area (Å²) >= 11 is 0. The van der Waals surface area contributed by atoms with Crippen molar-refractivity contribution in [1.82, 2.24) is 14.9 Å². The molecule has 0 saturated heterocycles. The zero-order valence-electron chi connectivity index (χ0n) is 17.2. The lowest BCUT2D eigenvalue weighted by molar-refractivity contribution is -0.157. The summed E-state index contributed by atoms with van der Waals surface area (Å²) in [6.45, 7) is 1.32. The molecule has 30 heavy (non-hydrogen) atoms. The largest absolute Gasteiger partial charge is 0.451 e. The molecule has 158 valence electrons. The van der Waals surface area contributed by atoms with Gasteiger partial charge in [-0.1, -0.05) is 12.1 Å². The van der Waals surface area contributed by atoms with Gasteiger partial charge in [0.05, 0.1) is 17.2 Å². The highest BCUT2D eigenvalue weighted by Gasteiger charge is 2.51. The van der Waals surface area contributed by atoms with Gasteiger partial charge in [0.15, 0.2) is 6.10 Å². The lowest BCUT2D eigenvalue weighted by Crippen LogP contribution is -2.61. The van der Waals surface area contributed by atoms with E-state index in [9.17, 15) is 14.4 Å². The van der Waals surface area contributed by atoms with Crippen molar-refractivity contribution in [1.29, 1.82) is 0 Å². The van der Waals surface area contributed by atoms with E-state index in [-0.39, 0.29) is 23.6 Å². The van der Waals surface area contributed by atoms with Crippen LogP contribution in [0.25, 0.3) is 10.9 Å². The first kappa shape index (κ1) is 19.3. The molecule has 0 aliphatic heterocycles. The van der Waals surface area contributed by atoms with Crippen molar-refractivity contribution in [2.24, 2.45) is 17.8 Å². The second kappa shape index (κ2) is 7.22. The Hall–Kier alpha value is -2.70. The summed E-state index contributed by atoms with van der Waals surface area (Å²) in [7, 11) is 0. The summed E-state index contributed by atoms with van der Waals surface area (Å²) < 4.78 is 6.58. The van der Waals surface area contributed by atoms with Gasteiger partial charge in [0.25, 0.3) is 11.5 Å². The summed E-state index contributed by atoms with van der Waals surface area (Å²) in [5, 5.41) is 3.68. The number of ether oxygens (including phenoxy) is 1. The number of esters is 1. The number of fused-ring (bicyclic) bond motifs is 1. The van der Waals surface area contributed by atoms with Gasteiger partial charge >= 0.3 is 5.97 Å². The molecule has 1 aromatic carbocycles. The molecular weight excluding hydrogens is 382 g/mol. The molecule has 7 heteroatoms. The maximum Gasteiger partial charge on any atom is 0.326 e. The monoisotopic (exact) mass is 409 g/mol. The Labute approximate surface area is 174 Å². The Kier molecular flexibility index (Phi) is 4.64. The molecule has 4 bridgehead atoms. The normalized spacial score (nSPS) is 30.2. The second-order valence-corrected chi connectivity index (χ2v) is 9.51. The van der Waals surface area contributed by atoms with Crippen molar-refractivity contribution in [2.75, 3.05) is 0 Å². The Morgan fingerprint density at radius 2 is 1.80 bits per heavy atom. The van der Waals surface area contributed by atoms with Gasteiger partial charge < -0.3 is 10.1 Å². The summed E-state index contributed by atoms with van der Waals surface area (Å²) in [4.78, 5) is 41.9. The highest BCUT2D eigenvalue weighted by Crippen LogP contribution is 2.55. The average molecular weight is 409 g/mol. The number of para-hydroxylation sites is 1. The third-order valence-electron chi connectivity index (χ3n) is 7.14. The fourth-order valence-electron chi connectivity index (χ4n) is 6.27. The number of aromatic nitrogens is 2. The molecule has 4 aliphatic carbocycles. The van der Waals surface area contributed by atoms with E-state index in [1.54, 1.807) is 31.2 Å². The van der Waals surface area contributed by atoms with Gasteiger partial charge in [-0.25, -0.2) is 4.98 Å². The van der Waals surface area contributed by atoms with Gasteiger partial charge in [-0.05, 0) is 75.3 Å². The third-order valence-corrected chi connectivity index (χ3v) is 7.14. The van der Waals surface area contributed by atoms with Crippen LogP contribution in [0.15, 0.2) is 35.4 Å². The SMILES string of the molecule is C[C@@H](OC(=O)Cn1cnc2ccccc2c1=O)C(=O)NC12CC3CC(CC(C3)C1)C2. The molecule has 0 radical (unpaired) electrons. The molecule has 7 nitrogen and oxygen atoms in total. The number of rotatable bonds is 5. The first-order valence-corrected chi connectivity index (χ1v) is 10.9. The van der Waals surface area contributed by atoms with Crippen molar-refractivity contribution < 1.29 is 14.3 Å². The molecule has 0 unspecified atom stereocenters. The van der Waals surface area contributed by atoms with Crippen LogP contribution in [0, 0.1) is 17.8 Å². The van der Waals surface area contributed by atoms with E-state index in [0.29, 0.717) is 10.9 Å². The number of amides is 1. The molecular formula is C23H27N3O4. The average Bonchev–Trinajstić information content (AvgIpc) is 2.69. The van der Waals surface area contributed by atoms with E-state index in [1.807, 2.05) is 0 Å². The summed E-state index contributed by atoms with van der Waals surface area (Å²) in [5.41, 5.74) is 0.157. The second-order valence-electron chi connectivity index (χ2n) is 9.51. The van der Waals surface area contributed by atoms with Crippen LogP contribution >= 0.6 is 0 Å². The van der Waals surface area contributed by atoms with Crippen LogP contribution in [-0.2, 0) is 20.9 Å². The number of hydrogen-bond acceptors (Lipinski definition) is 5. The number of carbonyl (C=O) groups excluding carboxylic acids is 2. The number of hydrogen-bond donors (Lipinski definition) is 1. The summed E-state index contributed by atoms with van der Waals surface area (Å²) in [5.74, 6) is 1.31. The maximum absolute atomic E-state index is 12.8. The van der Waals surface area contributed by atoms with Crippen LogP contribution < -0.4 is 10.9 Å². The predicted octanol–water partition coefficient (Wildman–Crippen LogP) is 2.41. The van der Waals surface area contributed by atoms with Crippen LogP contribution in [0.4, 0.5) is 0 Å². The lowest BCUT2D eigenvalue weighted by atomic mass is 9.53. The minimum absolute atomic E-state index is 0.119. The van der Waals surface area contributed by atoms with E-state index in [1.165, 1.54) is 30.2 Å². The van der Waals surface area contributed by atoms with E-state index in [0.717, 1.165) is 37.0 Å². The van der Waals surface area contributed by atoms with Gasteiger partial charge in [-0.3, -0.25) is 19.0 Å². The lowest BCUT2D eigenvalue weighted by Gasteiger charge is -2.57. The molecule has 1 atom stereocenters. The van der Waals surface area contributed by atoms with Crippen LogP contribution in [0.2, 0.25) is 0 Å². The fourth-order valence-corrected chi connectivity index (χ4v) is 6.27. The van der Waals surface area contributed by atoms with Crippen molar-refractivity contribution in [2.45, 2.75) is 63.6 Å². The molecule has 1 heterocycles. The maximum atomic E-state index is 12.8. The van der Waals surface area contributed by atoms with Gasteiger partial charge in [0.2, 0.25) is 0 Å².